The summed E-state index contributed by atoms with van der Waals surface area (Å²) in [4.78, 5) is 117. The van der Waals surface area contributed by atoms with Crippen molar-refractivity contribution in [1.82, 2.24) is 50.6 Å². The molecular weight excluding hydrogens is 915 g/mol. The van der Waals surface area contributed by atoms with Gasteiger partial charge in [-0.3, -0.25) is 33.6 Å². The quantitative estimate of drug-likeness (QED) is 0.0519. The van der Waals surface area contributed by atoms with E-state index in [1.807, 2.05) is 13.8 Å². The van der Waals surface area contributed by atoms with Gasteiger partial charge in [0.2, 0.25) is 41.4 Å². The monoisotopic (exact) mass is 992 g/mol. The van der Waals surface area contributed by atoms with Gasteiger partial charge in [-0.05, 0) is 80.7 Å². The van der Waals surface area contributed by atoms with Crippen LogP contribution in [0.2, 0.25) is 0 Å². The number of H-pyrrole nitrogens is 2. The highest BCUT2D eigenvalue weighted by atomic mass is 16.3. The number of imidazole rings is 2. The number of nitrogens with zero attached hydrogens (tertiary/aromatic N) is 5. The molecule has 3 aromatic rings. The number of primary amides is 1. The number of carbonyl (C=O) groups excluding carboxylic acids is 7. The first-order valence-electron chi connectivity index (χ1n) is 24.5. The normalized spacial score (nSPS) is 17.1. The third-order valence-corrected chi connectivity index (χ3v) is 12.8. The van der Waals surface area contributed by atoms with Crippen LogP contribution in [0, 0.1) is 11.8 Å². The lowest BCUT2D eigenvalue weighted by molar-refractivity contribution is -0.140. The topological polar surface area (TPSA) is 373 Å². The Bertz CT molecular complexity index is 2210. The minimum absolute atomic E-state index is 0.00203. The minimum atomic E-state index is -1.30. The van der Waals surface area contributed by atoms with Crippen LogP contribution < -0.4 is 44.6 Å². The first-order valence-corrected chi connectivity index (χ1v) is 24.5. The van der Waals surface area contributed by atoms with Gasteiger partial charge in [0.15, 0.2) is 0 Å². The van der Waals surface area contributed by atoms with Crippen molar-refractivity contribution < 1.29 is 38.7 Å². The third-order valence-electron chi connectivity index (χ3n) is 12.8. The molecule has 0 fully saturated rings. The van der Waals surface area contributed by atoms with Crippen molar-refractivity contribution in [2.75, 3.05) is 32.7 Å². The molecule has 0 unspecified atom stereocenters. The van der Waals surface area contributed by atoms with Gasteiger partial charge in [-0.25, -0.2) is 9.97 Å². The van der Waals surface area contributed by atoms with E-state index >= 15 is 4.79 Å². The predicted molar refractivity (Wildman–Crippen MR) is 265 cm³/mol. The largest absolute Gasteiger partial charge is 0.391 e. The molecule has 71 heavy (non-hydrogen) atoms. The van der Waals surface area contributed by atoms with Gasteiger partial charge in [-0.2, -0.15) is 0 Å². The zero-order chi connectivity index (χ0) is 52.4. The lowest BCUT2D eigenvalue weighted by Gasteiger charge is -2.34. The summed E-state index contributed by atoms with van der Waals surface area (Å²) in [6.45, 7) is 9.18. The number of aromatic nitrogens is 4. The van der Waals surface area contributed by atoms with Gasteiger partial charge in [0, 0.05) is 81.5 Å². The summed E-state index contributed by atoms with van der Waals surface area (Å²) in [5, 5.41) is 18.6. The van der Waals surface area contributed by atoms with Gasteiger partial charge in [-0.15, -0.1) is 0 Å². The summed E-state index contributed by atoms with van der Waals surface area (Å²) >= 11 is 0. The fourth-order valence-corrected chi connectivity index (χ4v) is 8.23. The lowest BCUT2D eigenvalue weighted by Crippen LogP contribution is -2.57. The van der Waals surface area contributed by atoms with Crippen LogP contribution >= 0.6 is 0 Å². The number of hydrogen-bond acceptors (Lipinski definition) is 14. The maximum absolute atomic E-state index is 15.0. The van der Waals surface area contributed by atoms with E-state index in [-0.39, 0.29) is 88.8 Å². The molecule has 0 spiro atoms. The average Bonchev–Trinajstić information content (AvgIpc) is 4.07. The number of unbranched alkanes of at least 4 members (excludes halogenated alkanes) is 1. The van der Waals surface area contributed by atoms with Gasteiger partial charge in [-0.1, -0.05) is 40.2 Å². The molecule has 0 saturated carbocycles. The Morgan fingerprint density at radius 3 is 1.70 bits per heavy atom. The number of rotatable bonds is 22. The molecular formula is C48H77N15O8. The van der Waals surface area contributed by atoms with E-state index in [1.165, 1.54) is 30.7 Å². The number of carbonyl (C=O) groups is 7. The van der Waals surface area contributed by atoms with Crippen molar-refractivity contribution in [3.05, 3.63) is 71.3 Å². The highest BCUT2D eigenvalue weighted by Crippen LogP contribution is 2.21. The molecule has 2 aromatic heterocycles. The van der Waals surface area contributed by atoms with E-state index in [9.17, 15) is 33.9 Å². The number of hydrogen-bond donors (Lipinski definition) is 11. The molecule has 1 aromatic carbocycles. The summed E-state index contributed by atoms with van der Waals surface area (Å²) in [6, 6.07) is -1.57. The fourth-order valence-electron chi connectivity index (χ4n) is 8.23. The number of fused-ring (bicyclic) bond motifs is 2. The van der Waals surface area contributed by atoms with Gasteiger partial charge in [0.25, 0.3) is 0 Å². The maximum Gasteiger partial charge on any atom is 0.248 e. The summed E-state index contributed by atoms with van der Waals surface area (Å²) in [5.74, 6) is -4.52. The van der Waals surface area contributed by atoms with E-state index in [2.05, 4.69) is 35.9 Å². The van der Waals surface area contributed by atoms with Gasteiger partial charge < -0.3 is 74.4 Å². The van der Waals surface area contributed by atoms with Crippen molar-refractivity contribution in [1.29, 1.82) is 0 Å². The molecule has 0 saturated heterocycles. The van der Waals surface area contributed by atoms with Crippen LogP contribution in [0.4, 0.5) is 0 Å². The minimum Gasteiger partial charge on any atom is -0.391 e. The van der Waals surface area contributed by atoms with Crippen molar-refractivity contribution in [2.24, 2.45) is 40.5 Å². The van der Waals surface area contributed by atoms with Crippen LogP contribution in [-0.2, 0) is 54.7 Å². The number of amides is 7. The third kappa shape index (κ3) is 17.2. The van der Waals surface area contributed by atoms with E-state index in [0.29, 0.717) is 48.3 Å². The van der Waals surface area contributed by atoms with Crippen LogP contribution in [0.3, 0.4) is 0 Å². The molecule has 1 aliphatic heterocycles. The zero-order valence-corrected chi connectivity index (χ0v) is 41.8. The molecule has 0 aliphatic carbocycles. The van der Waals surface area contributed by atoms with Crippen molar-refractivity contribution in [3.63, 3.8) is 0 Å². The van der Waals surface area contributed by atoms with E-state index < -0.39 is 83.7 Å². The van der Waals surface area contributed by atoms with Gasteiger partial charge >= 0.3 is 0 Å². The number of aliphatic hydroxyl groups excluding tert-OH is 1. The molecule has 1 aliphatic rings. The fraction of sp³-hybridized carbons (Fsp3) is 0.604. The predicted octanol–water partition coefficient (Wildman–Crippen LogP) is -1.36. The average molecular weight is 992 g/mol. The number of benzene rings is 1. The molecule has 4 rings (SSSR count). The second-order valence-electron chi connectivity index (χ2n) is 18.9. The SMILES string of the molecule is CC[C@H](C)[C@H](NC(=O)[C@@H](N)[C@@H](C)O)C(=O)N1CCCN(C(=O)[C@H](CCCCN)NC(=O)[C@@H](N)C(C)C)Cc2cc(cc(C(N)=O)c2)CN(C(=O)[C@H](Cc2cnc[nH]2)NC(=O)[C@@H](N)Cc2cnc[nH]2)CCC1. The Balaban J connectivity index is 1.82. The molecule has 392 valence electrons. The zero-order valence-electron chi connectivity index (χ0n) is 41.8. The van der Waals surface area contributed by atoms with E-state index in [1.54, 1.807) is 48.0 Å². The number of aromatic amines is 2. The van der Waals surface area contributed by atoms with Crippen LogP contribution in [0.5, 0.6) is 0 Å². The van der Waals surface area contributed by atoms with Crippen LogP contribution in [0.1, 0.15) is 106 Å². The lowest BCUT2D eigenvalue weighted by atomic mass is 9.96. The maximum atomic E-state index is 15.0. The first kappa shape index (κ1) is 57.3. The number of nitrogens with two attached hydrogens (primary N) is 5. The van der Waals surface area contributed by atoms with Gasteiger partial charge in [0.1, 0.15) is 24.2 Å². The van der Waals surface area contributed by atoms with Crippen LogP contribution in [-0.4, -0.2) is 156 Å². The van der Waals surface area contributed by atoms with E-state index in [4.69, 9.17) is 28.7 Å². The molecule has 3 heterocycles. The molecule has 0 radical (unpaired) electrons. The van der Waals surface area contributed by atoms with Gasteiger partial charge in [0.05, 0.1) is 30.8 Å². The summed E-state index contributed by atoms with van der Waals surface area (Å²) in [6.07, 6.45) is 7.21. The van der Waals surface area contributed by atoms with Crippen molar-refractivity contribution >= 4 is 41.4 Å². The number of nitrogens with one attached hydrogen (secondary N) is 5. The number of aliphatic hydroxyl groups is 1. The Morgan fingerprint density at radius 1 is 0.690 bits per heavy atom. The highest BCUT2D eigenvalue weighted by molar-refractivity contribution is 5.94. The smallest absolute Gasteiger partial charge is 0.248 e. The van der Waals surface area contributed by atoms with E-state index in [0.717, 1.165) is 0 Å². The second kappa shape index (κ2) is 27.9. The van der Waals surface area contributed by atoms with Crippen LogP contribution in [0.15, 0.2) is 43.2 Å². The molecule has 8 atom stereocenters. The van der Waals surface area contributed by atoms with Crippen LogP contribution in [0.25, 0.3) is 0 Å². The van der Waals surface area contributed by atoms with Crippen molar-refractivity contribution in [3.8, 4) is 0 Å². The summed E-state index contributed by atoms with van der Waals surface area (Å²) < 4.78 is 0. The molecule has 7 amide bonds. The van der Waals surface area contributed by atoms with Crippen molar-refractivity contribution in [2.45, 2.75) is 141 Å². The highest BCUT2D eigenvalue weighted by Gasteiger charge is 2.35. The summed E-state index contributed by atoms with van der Waals surface area (Å²) in [7, 11) is 0. The molecule has 16 N–H and O–H groups in total. The second-order valence-corrected chi connectivity index (χ2v) is 18.9. The standard InChI is InChI=1S/C48H77N15O8/c1-6-29(4)41(60-45(68)40(52)30(5)64)48(71)61-13-9-15-62(46(69)37(11-7-8-12-49)58-44(67)39(51)28(2)3)24-31-17-32(19-33(18-31)42(53)65)25-63(16-10-14-61)47(70)38(21-35-23-55-27-57-35)59-43(66)36(50)20-34-22-54-26-56-34/h17-19,22-23,26-30,36-41,64H,6-16,20-21,24-25,49-52H2,1-5H3,(H2,53,65)(H,54,56)(H,55,57)(H,58,67)(H,59,66)(H,60,68)/t29-,30+,36-,37-,38-,39-,40-,41-/m0/s1. The molecule has 23 heteroatoms. The Morgan fingerprint density at radius 2 is 1.21 bits per heavy atom. The molecule has 2 bridgehead atoms. The first-order chi connectivity index (χ1) is 33.7. The summed E-state index contributed by atoms with van der Waals surface area (Å²) in [5.41, 5.74) is 32.6. The Labute approximate surface area is 415 Å². The Hall–Kier alpha value is -6.27. The Kier molecular flexibility index (Phi) is 22.6. The molecule has 23 nitrogen and oxygen atoms in total.